The van der Waals surface area contributed by atoms with Gasteiger partial charge in [-0.25, -0.2) is 13.2 Å². The normalized spacial score (nSPS) is 14.5. The summed E-state index contributed by atoms with van der Waals surface area (Å²) in [5.74, 6) is 0. The van der Waals surface area contributed by atoms with E-state index in [0.717, 1.165) is 25.0 Å². The first kappa shape index (κ1) is 19.0. The highest BCUT2D eigenvalue weighted by molar-refractivity contribution is 7.92. The van der Waals surface area contributed by atoms with Crippen LogP contribution in [0.2, 0.25) is 0 Å². The van der Waals surface area contributed by atoms with E-state index in [9.17, 15) is 26.4 Å². The van der Waals surface area contributed by atoms with E-state index in [0.29, 0.717) is 11.8 Å². The summed E-state index contributed by atoms with van der Waals surface area (Å²) in [4.78, 5) is 10.8. The van der Waals surface area contributed by atoms with Crippen LogP contribution in [-0.2, 0) is 16.2 Å². The summed E-state index contributed by atoms with van der Waals surface area (Å²) < 4.78 is 66.0. The molecule has 3 rings (SSSR count). The molecular formula is C17H16F3N3O3S. The number of hydrogen-bond acceptors (Lipinski definition) is 3. The fourth-order valence-electron chi connectivity index (χ4n) is 2.35. The molecule has 1 fully saturated rings. The molecular weight excluding hydrogens is 383 g/mol. The van der Waals surface area contributed by atoms with E-state index in [1.807, 2.05) is 0 Å². The topological polar surface area (TPSA) is 87.3 Å². The smallest absolute Gasteiger partial charge is 0.335 e. The zero-order chi connectivity index (χ0) is 19.7. The SMILES string of the molecule is O=C(Nc1ccc(NS(=O)(=O)c2ccccc2C(F)(F)F)cc1)NC1CC1. The van der Waals surface area contributed by atoms with Crippen molar-refractivity contribution in [3.05, 3.63) is 54.1 Å². The Hall–Kier alpha value is -2.75. The van der Waals surface area contributed by atoms with Gasteiger partial charge in [0.25, 0.3) is 10.0 Å². The number of carbonyl (C=O) groups excluding carboxylic acids is 1. The fourth-order valence-corrected chi connectivity index (χ4v) is 3.63. The van der Waals surface area contributed by atoms with E-state index in [1.54, 1.807) is 0 Å². The number of rotatable bonds is 5. The number of halogens is 3. The minimum absolute atomic E-state index is 0.0696. The number of urea groups is 1. The van der Waals surface area contributed by atoms with Crippen molar-refractivity contribution in [2.24, 2.45) is 0 Å². The number of alkyl halides is 3. The molecule has 3 N–H and O–H groups in total. The third-order valence-corrected chi connectivity index (χ3v) is 5.23. The maximum absolute atomic E-state index is 13.0. The number of amides is 2. The Labute approximate surface area is 153 Å². The maximum atomic E-state index is 13.0. The Morgan fingerprint density at radius 1 is 0.963 bits per heavy atom. The molecule has 0 spiro atoms. The number of sulfonamides is 1. The summed E-state index contributed by atoms with van der Waals surface area (Å²) in [6, 6.07) is 9.34. The van der Waals surface area contributed by atoms with Crippen molar-refractivity contribution >= 4 is 27.4 Å². The van der Waals surface area contributed by atoms with Gasteiger partial charge in [-0.2, -0.15) is 13.2 Å². The zero-order valence-corrected chi connectivity index (χ0v) is 14.7. The van der Waals surface area contributed by atoms with Crippen molar-refractivity contribution in [1.82, 2.24) is 5.32 Å². The second-order valence-electron chi connectivity index (χ2n) is 6.05. The molecule has 0 saturated heterocycles. The number of nitrogens with one attached hydrogen (secondary N) is 3. The molecule has 144 valence electrons. The molecule has 0 radical (unpaired) electrons. The molecule has 1 aliphatic carbocycles. The van der Waals surface area contributed by atoms with E-state index < -0.39 is 26.7 Å². The Balaban J connectivity index is 1.73. The molecule has 1 aliphatic rings. The van der Waals surface area contributed by atoms with Crippen LogP contribution >= 0.6 is 0 Å². The van der Waals surface area contributed by atoms with Gasteiger partial charge in [-0.05, 0) is 49.2 Å². The molecule has 0 unspecified atom stereocenters. The van der Waals surface area contributed by atoms with E-state index in [2.05, 4.69) is 15.4 Å². The molecule has 0 atom stereocenters. The van der Waals surface area contributed by atoms with Crippen LogP contribution < -0.4 is 15.4 Å². The lowest BCUT2D eigenvalue weighted by atomic mass is 10.2. The first-order valence-corrected chi connectivity index (χ1v) is 9.50. The van der Waals surface area contributed by atoms with Crippen molar-refractivity contribution in [3.8, 4) is 0 Å². The fraction of sp³-hybridized carbons (Fsp3) is 0.235. The number of carbonyl (C=O) groups is 1. The molecule has 2 amide bonds. The average Bonchev–Trinajstić information content (AvgIpc) is 3.39. The van der Waals surface area contributed by atoms with Gasteiger partial charge in [-0.1, -0.05) is 12.1 Å². The summed E-state index contributed by atoms with van der Waals surface area (Å²) in [5.41, 5.74) is -0.751. The van der Waals surface area contributed by atoms with Crippen molar-refractivity contribution in [3.63, 3.8) is 0 Å². The van der Waals surface area contributed by atoms with Gasteiger partial charge in [0.05, 0.1) is 10.5 Å². The minimum Gasteiger partial charge on any atom is -0.335 e. The molecule has 0 bridgehead atoms. The first-order valence-electron chi connectivity index (χ1n) is 8.02. The second kappa shape index (κ2) is 7.10. The molecule has 2 aromatic rings. The summed E-state index contributed by atoms with van der Waals surface area (Å²) in [7, 11) is -4.44. The van der Waals surface area contributed by atoms with Crippen LogP contribution in [0.4, 0.5) is 29.3 Å². The third-order valence-electron chi connectivity index (χ3n) is 3.79. The molecule has 27 heavy (non-hydrogen) atoms. The van der Waals surface area contributed by atoms with Crippen molar-refractivity contribution in [1.29, 1.82) is 0 Å². The Bertz CT molecular complexity index is 940. The number of hydrogen-bond donors (Lipinski definition) is 3. The van der Waals surface area contributed by atoms with Gasteiger partial charge in [-0.3, -0.25) is 4.72 Å². The lowest BCUT2D eigenvalue weighted by molar-refractivity contribution is -0.139. The summed E-state index contributed by atoms with van der Waals surface area (Å²) in [6.45, 7) is 0. The quantitative estimate of drug-likeness (QED) is 0.715. The largest absolute Gasteiger partial charge is 0.417 e. The molecule has 0 heterocycles. The van der Waals surface area contributed by atoms with Gasteiger partial charge in [0.15, 0.2) is 0 Å². The highest BCUT2D eigenvalue weighted by Gasteiger charge is 2.36. The molecule has 6 nitrogen and oxygen atoms in total. The van der Waals surface area contributed by atoms with Crippen LogP contribution in [0.5, 0.6) is 0 Å². The second-order valence-corrected chi connectivity index (χ2v) is 7.70. The molecule has 10 heteroatoms. The Morgan fingerprint density at radius 3 is 2.15 bits per heavy atom. The maximum Gasteiger partial charge on any atom is 0.417 e. The van der Waals surface area contributed by atoms with E-state index in [-0.39, 0.29) is 17.8 Å². The monoisotopic (exact) mass is 399 g/mol. The minimum atomic E-state index is -4.80. The number of anilines is 2. The van der Waals surface area contributed by atoms with Gasteiger partial charge in [0.1, 0.15) is 0 Å². The molecule has 0 aromatic heterocycles. The van der Waals surface area contributed by atoms with Crippen LogP contribution in [0, 0.1) is 0 Å². The number of benzene rings is 2. The van der Waals surface area contributed by atoms with Crippen LogP contribution in [-0.4, -0.2) is 20.5 Å². The first-order chi connectivity index (χ1) is 12.6. The van der Waals surface area contributed by atoms with Crippen molar-refractivity contribution in [2.75, 3.05) is 10.0 Å². The highest BCUT2D eigenvalue weighted by Crippen LogP contribution is 2.34. The van der Waals surface area contributed by atoms with Crippen LogP contribution in [0.25, 0.3) is 0 Å². The lowest BCUT2D eigenvalue weighted by Crippen LogP contribution is -2.30. The zero-order valence-electron chi connectivity index (χ0n) is 13.9. The predicted octanol–water partition coefficient (Wildman–Crippen LogP) is 3.79. The van der Waals surface area contributed by atoms with Gasteiger partial charge in [-0.15, -0.1) is 0 Å². The van der Waals surface area contributed by atoms with Crippen LogP contribution in [0.15, 0.2) is 53.4 Å². The lowest BCUT2D eigenvalue weighted by Gasteiger charge is -2.14. The predicted molar refractivity (Wildman–Crippen MR) is 93.9 cm³/mol. The Morgan fingerprint density at radius 2 is 1.56 bits per heavy atom. The van der Waals surface area contributed by atoms with Crippen molar-refractivity contribution in [2.45, 2.75) is 30.0 Å². The van der Waals surface area contributed by atoms with Gasteiger partial charge < -0.3 is 10.6 Å². The molecule has 1 saturated carbocycles. The standard InChI is InChI=1S/C17H16F3N3O3S/c18-17(19,20)14-3-1-2-4-15(14)27(25,26)23-13-9-7-12(8-10-13)22-16(24)21-11-5-6-11/h1-4,7-11,23H,5-6H2,(H2,21,22,24). The summed E-state index contributed by atoms with van der Waals surface area (Å²) in [6.07, 6.45) is -2.92. The van der Waals surface area contributed by atoms with Crippen LogP contribution in [0.3, 0.4) is 0 Å². The summed E-state index contributed by atoms with van der Waals surface area (Å²) in [5, 5.41) is 5.32. The van der Waals surface area contributed by atoms with Gasteiger partial charge >= 0.3 is 12.2 Å². The van der Waals surface area contributed by atoms with Gasteiger partial charge in [0, 0.05) is 17.4 Å². The Kier molecular flexibility index (Phi) is 5.01. The molecule has 2 aromatic carbocycles. The van der Waals surface area contributed by atoms with E-state index >= 15 is 0 Å². The highest BCUT2D eigenvalue weighted by atomic mass is 32.2. The molecule has 0 aliphatic heterocycles. The van der Waals surface area contributed by atoms with Crippen molar-refractivity contribution < 1.29 is 26.4 Å². The van der Waals surface area contributed by atoms with E-state index in [1.165, 1.54) is 30.3 Å². The van der Waals surface area contributed by atoms with E-state index in [4.69, 9.17) is 0 Å². The average molecular weight is 399 g/mol. The van der Waals surface area contributed by atoms with Gasteiger partial charge in [0.2, 0.25) is 0 Å². The third kappa shape index (κ3) is 4.91. The van der Waals surface area contributed by atoms with Crippen LogP contribution in [0.1, 0.15) is 18.4 Å². The summed E-state index contributed by atoms with van der Waals surface area (Å²) >= 11 is 0.